The van der Waals surface area contributed by atoms with Gasteiger partial charge < -0.3 is 10.5 Å². The van der Waals surface area contributed by atoms with Crippen LogP contribution in [0.4, 0.5) is 0 Å². The number of carbonyl (C=O) groups is 1. The van der Waals surface area contributed by atoms with E-state index in [0.717, 1.165) is 9.86 Å². The van der Waals surface area contributed by atoms with Crippen LogP contribution in [0, 0.1) is 0 Å². The first kappa shape index (κ1) is 13.3. The number of nitrogens with zero attached hydrogens (tertiary/aromatic N) is 1. The van der Waals surface area contributed by atoms with Crippen LogP contribution in [0.5, 0.6) is 5.75 Å². The second kappa shape index (κ2) is 5.24. The molecule has 2 rings (SSSR count). The first-order valence-corrected chi connectivity index (χ1v) is 6.78. The molecular formula is C12H10Br2N2O2. The monoisotopic (exact) mass is 372 g/mol. The molecule has 0 aliphatic heterocycles. The van der Waals surface area contributed by atoms with Crippen molar-refractivity contribution in [1.29, 1.82) is 0 Å². The summed E-state index contributed by atoms with van der Waals surface area (Å²) in [5.74, 6) is -0.00556. The van der Waals surface area contributed by atoms with Crippen LogP contribution in [0.3, 0.4) is 0 Å². The molecule has 0 bridgehead atoms. The van der Waals surface area contributed by atoms with Crippen LogP contribution in [-0.4, -0.2) is 17.0 Å². The topological polar surface area (TPSA) is 65.2 Å². The number of amides is 1. The van der Waals surface area contributed by atoms with Gasteiger partial charge in [-0.05, 0) is 35.0 Å². The molecule has 94 valence electrons. The molecule has 0 saturated carbocycles. The fourth-order valence-corrected chi connectivity index (χ4v) is 2.86. The van der Waals surface area contributed by atoms with Crippen LogP contribution < -0.4 is 10.5 Å². The van der Waals surface area contributed by atoms with E-state index in [2.05, 4.69) is 36.8 Å². The summed E-state index contributed by atoms with van der Waals surface area (Å²) in [6, 6.07) is 5.61. The van der Waals surface area contributed by atoms with E-state index in [1.165, 1.54) is 0 Å². The second-order valence-electron chi connectivity index (χ2n) is 3.73. The van der Waals surface area contributed by atoms with Crippen LogP contribution in [0.25, 0.3) is 10.9 Å². The SMILES string of the molecule is C[C@H](Oc1c(Br)cc(Br)c2cccnc12)C(N)=O. The molecule has 6 heteroatoms. The van der Waals surface area contributed by atoms with Crippen molar-refractivity contribution in [3.8, 4) is 5.75 Å². The van der Waals surface area contributed by atoms with Crippen molar-refractivity contribution < 1.29 is 9.53 Å². The quantitative estimate of drug-likeness (QED) is 0.899. The number of aromatic nitrogens is 1. The highest BCUT2D eigenvalue weighted by Gasteiger charge is 2.17. The van der Waals surface area contributed by atoms with Crippen molar-refractivity contribution in [1.82, 2.24) is 4.98 Å². The predicted molar refractivity (Wildman–Crippen MR) is 76.4 cm³/mol. The average Bonchev–Trinajstić information content (AvgIpc) is 2.34. The van der Waals surface area contributed by atoms with E-state index >= 15 is 0 Å². The Labute approximate surface area is 121 Å². The molecule has 0 fully saturated rings. The van der Waals surface area contributed by atoms with Crippen molar-refractivity contribution in [2.75, 3.05) is 0 Å². The van der Waals surface area contributed by atoms with Crippen LogP contribution in [0.1, 0.15) is 6.92 Å². The third-order valence-electron chi connectivity index (χ3n) is 2.45. The third-order valence-corrected chi connectivity index (χ3v) is 3.69. The van der Waals surface area contributed by atoms with E-state index in [1.807, 2.05) is 18.2 Å². The van der Waals surface area contributed by atoms with E-state index in [9.17, 15) is 4.79 Å². The number of halogens is 2. The smallest absolute Gasteiger partial charge is 0.258 e. The van der Waals surface area contributed by atoms with Gasteiger partial charge in [-0.1, -0.05) is 22.0 Å². The molecule has 0 aliphatic carbocycles. The number of rotatable bonds is 3. The van der Waals surface area contributed by atoms with Gasteiger partial charge in [-0.3, -0.25) is 9.78 Å². The van der Waals surface area contributed by atoms with Gasteiger partial charge in [0.2, 0.25) is 0 Å². The highest BCUT2D eigenvalue weighted by molar-refractivity contribution is 9.11. The summed E-state index contributed by atoms with van der Waals surface area (Å²) >= 11 is 6.86. The van der Waals surface area contributed by atoms with Gasteiger partial charge in [0.1, 0.15) is 5.52 Å². The molecule has 0 radical (unpaired) electrons. The first-order chi connectivity index (χ1) is 8.50. The van der Waals surface area contributed by atoms with Gasteiger partial charge >= 0.3 is 0 Å². The van der Waals surface area contributed by atoms with Crippen molar-refractivity contribution in [3.63, 3.8) is 0 Å². The number of hydrogen-bond donors (Lipinski definition) is 1. The number of hydrogen-bond acceptors (Lipinski definition) is 3. The van der Waals surface area contributed by atoms with Crippen molar-refractivity contribution in [2.45, 2.75) is 13.0 Å². The second-order valence-corrected chi connectivity index (χ2v) is 5.44. The van der Waals surface area contributed by atoms with Crippen LogP contribution in [0.15, 0.2) is 33.3 Å². The van der Waals surface area contributed by atoms with Gasteiger partial charge in [-0.2, -0.15) is 0 Å². The minimum atomic E-state index is -0.715. The molecule has 18 heavy (non-hydrogen) atoms. The van der Waals surface area contributed by atoms with Crippen LogP contribution >= 0.6 is 31.9 Å². The van der Waals surface area contributed by atoms with Gasteiger partial charge in [-0.25, -0.2) is 0 Å². The predicted octanol–water partition coefficient (Wildman–Crippen LogP) is 3.01. The lowest BCUT2D eigenvalue weighted by Gasteiger charge is -2.15. The zero-order valence-corrected chi connectivity index (χ0v) is 12.7. The minimum absolute atomic E-state index is 0.514. The Balaban J connectivity index is 2.59. The van der Waals surface area contributed by atoms with Crippen molar-refractivity contribution >= 4 is 48.7 Å². The van der Waals surface area contributed by atoms with E-state index in [1.54, 1.807) is 13.1 Å². The van der Waals surface area contributed by atoms with E-state index < -0.39 is 12.0 Å². The van der Waals surface area contributed by atoms with Crippen LogP contribution in [0.2, 0.25) is 0 Å². The summed E-state index contributed by atoms with van der Waals surface area (Å²) in [6.45, 7) is 1.60. The minimum Gasteiger partial charge on any atom is -0.477 e. The van der Waals surface area contributed by atoms with Crippen molar-refractivity contribution in [3.05, 3.63) is 33.3 Å². The molecule has 2 N–H and O–H groups in total. The number of fused-ring (bicyclic) bond motifs is 1. The molecule has 1 aromatic carbocycles. The molecule has 0 spiro atoms. The highest BCUT2D eigenvalue weighted by atomic mass is 79.9. The Morgan fingerprint density at radius 2 is 2.17 bits per heavy atom. The summed E-state index contributed by atoms with van der Waals surface area (Å²) in [5, 5.41) is 0.910. The number of primary amides is 1. The van der Waals surface area contributed by atoms with E-state index in [4.69, 9.17) is 10.5 Å². The summed E-state index contributed by atoms with van der Waals surface area (Å²) in [5.41, 5.74) is 5.87. The third kappa shape index (κ3) is 2.49. The normalized spacial score (nSPS) is 12.4. The Bertz CT molecular complexity index is 616. The summed E-state index contributed by atoms with van der Waals surface area (Å²) in [7, 11) is 0. The zero-order valence-electron chi connectivity index (χ0n) is 9.48. The fraction of sp³-hybridized carbons (Fsp3) is 0.167. The molecule has 1 heterocycles. The van der Waals surface area contributed by atoms with Gasteiger partial charge in [0, 0.05) is 16.1 Å². The van der Waals surface area contributed by atoms with Gasteiger partial charge in [0.25, 0.3) is 5.91 Å². The van der Waals surface area contributed by atoms with Gasteiger partial charge in [0.05, 0.1) is 4.47 Å². The number of ether oxygens (including phenoxy) is 1. The number of carbonyl (C=O) groups excluding carboxylic acids is 1. The number of pyridine rings is 1. The lowest BCUT2D eigenvalue weighted by molar-refractivity contribution is -0.123. The molecule has 1 amide bonds. The van der Waals surface area contributed by atoms with E-state index in [-0.39, 0.29) is 0 Å². The summed E-state index contributed by atoms with van der Waals surface area (Å²) < 4.78 is 7.19. The maximum atomic E-state index is 11.1. The van der Waals surface area contributed by atoms with Crippen molar-refractivity contribution in [2.24, 2.45) is 5.73 Å². The first-order valence-electron chi connectivity index (χ1n) is 5.19. The van der Waals surface area contributed by atoms with Gasteiger partial charge in [-0.15, -0.1) is 0 Å². The molecule has 0 saturated heterocycles. The maximum Gasteiger partial charge on any atom is 0.258 e. The zero-order chi connectivity index (χ0) is 13.3. The Hall–Kier alpha value is -1.14. The average molecular weight is 374 g/mol. The Morgan fingerprint density at radius 3 is 2.83 bits per heavy atom. The molecule has 1 aromatic heterocycles. The standard InChI is InChI=1S/C12H10Br2N2O2/c1-6(12(15)17)18-11-9(14)5-8(13)7-3-2-4-16-10(7)11/h2-6H,1H3,(H2,15,17)/t6-/m0/s1. The molecule has 1 atom stereocenters. The summed E-state index contributed by atoms with van der Waals surface area (Å²) in [4.78, 5) is 15.3. The molecule has 4 nitrogen and oxygen atoms in total. The number of benzene rings is 1. The van der Waals surface area contributed by atoms with Gasteiger partial charge in [0.15, 0.2) is 11.9 Å². The Kier molecular flexibility index (Phi) is 3.87. The molecular weight excluding hydrogens is 364 g/mol. The molecule has 0 aliphatic rings. The summed E-state index contributed by atoms with van der Waals surface area (Å²) in [6.07, 6.45) is 0.955. The largest absolute Gasteiger partial charge is 0.477 e. The molecule has 0 unspecified atom stereocenters. The van der Waals surface area contributed by atoms with Crippen LogP contribution in [-0.2, 0) is 4.79 Å². The maximum absolute atomic E-state index is 11.1. The molecule has 2 aromatic rings. The van der Waals surface area contributed by atoms with E-state index in [0.29, 0.717) is 15.7 Å². The lowest BCUT2D eigenvalue weighted by Crippen LogP contribution is -2.30. The fourth-order valence-electron chi connectivity index (χ4n) is 1.49. The lowest BCUT2D eigenvalue weighted by atomic mass is 10.2. The Morgan fingerprint density at radius 1 is 1.44 bits per heavy atom. The highest BCUT2D eigenvalue weighted by Crippen LogP contribution is 2.37. The number of nitrogens with two attached hydrogens (primary N) is 1.